The van der Waals surface area contributed by atoms with Gasteiger partial charge in [-0.2, -0.15) is 5.10 Å². The van der Waals surface area contributed by atoms with Crippen LogP contribution >= 0.6 is 0 Å². The fraction of sp³-hybridized carbons (Fsp3) is 0.636. The van der Waals surface area contributed by atoms with Gasteiger partial charge in [-0.3, -0.25) is 9.48 Å². The van der Waals surface area contributed by atoms with E-state index in [-0.39, 0.29) is 0 Å². The molecule has 1 atom stereocenters. The molecule has 1 aromatic rings. The second-order valence-electron chi connectivity index (χ2n) is 4.38. The van der Waals surface area contributed by atoms with Gasteiger partial charge in [-0.15, -0.1) is 0 Å². The Morgan fingerprint density at radius 2 is 2.25 bits per heavy atom. The summed E-state index contributed by atoms with van der Waals surface area (Å²) in [5, 5.41) is 16.3. The normalized spacial score (nSPS) is 13.1. The highest BCUT2D eigenvalue weighted by Crippen LogP contribution is 2.17. The largest absolute Gasteiger partial charge is 0.480 e. The Balaban J connectivity index is 2.86. The number of carbonyl (C=O) groups is 1. The van der Waals surface area contributed by atoms with Gasteiger partial charge < -0.3 is 10.4 Å². The van der Waals surface area contributed by atoms with Gasteiger partial charge in [0.05, 0.1) is 6.20 Å². The molecule has 1 aromatic heterocycles. The average Bonchev–Trinajstić information content (AvgIpc) is 2.49. The lowest BCUT2D eigenvalue weighted by Crippen LogP contribution is -2.31. The maximum Gasteiger partial charge on any atom is 0.325 e. The lowest BCUT2D eigenvalue weighted by molar-refractivity contribution is -0.139. The van der Waals surface area contributed by atoms with Gasteiger partial charge in [-0.05, 0) is 19.4 Å². The monoisotopic (exact) mass is 225 g/mol. The number of carboxylic acid groups (broad SMARTS) is 1. The summed E-state index contributed by atoms with van der Waals surface area (Å²) in [6.45, 7) is 6.63. The molecule has 0 radical (unpaired) electrons. The highest BCUT2D eigenvalue weighted by atomic mass is 16.4. The van der Waals surface area contributed by atoms with E-state index in [4.69, 9.17) is 0 Å². The van der Waals surface area contributed by atoms with Crippen LogP contribution in [0.15, 0.2) is 6.20 Å². The second kappa shape index (κ2) is 5.12. The Morgan fingerprint density at radius 3 is 2.62 bits per heavy atom. The first-order valence-corrected chi connectivity index (χ1v) is 5.38. The molecule has 0 aromatic carbocycles. The Kier molecular flexibility index (Phi) is 4.06. The van der Waals surface area contributed by atoms with E-state index in [0.717, 1.165) is 11.3 Å². The highest BCUT2D eigenvalue weighted by molar-refractivity contribution is 5.75. The van der Waals surface area contributed by atoms with Gasteiger partial charge in [0, 0.05) is 18.3 Å². The zero-order valence-corrected chi connectivity index (χ0v) is 10.2. The van der Waals surface area contributed by atoms with Gasteiger partial charge in [-0.1, -0.05) is 13.8 Å². The summed E-state index contributed by atoms with van der Waals surface area (Å²) in [4.78, 5) is 11.2. The van der Waals surface area contributed by atoms with Crippen LogP contribution in [-0.2, 0) is 11.8 Å². The van der Waals surface area contributed by atoms with E-state index < -0.39 is 12.0 Å². The van der Waals surface area contributed by atoms with Gasteiger partial charge in [0.1, 0.15) is 6.04 Å². The summed E-state index contributed by atoms with van der Waals surface area (Å²) >= 11 is 0. The first-order valence-electron chi connectivity index (χ1n) is 5.38. The van der Waals surface area contributed by atoms with Gasteiger partial charge in [0.2, 0.25) is 0 Å². The molecule has 16 heavy (non-hydrogen) atoms. The van der Waals surface area contributed by atoms with Crippen LogP contribution in [0.3, 0.4) is 0 Å². The van der Waals surface area contributed by atoms with Crippen molar-refractivity contribution in [1.29, 1.82) is 0 Å². The van der Waals surface area contributed by atoms with Crippen molar-refractivity contribution in [3.8, 4) is 0 Å². The molecule has 0 fully saturated rings. The predicted octanol–water partition coefficient (Wildman–Crippen LogP) is 1.10. The zero-order chi connectivity index (χ0) is 12.3. The molecule has 5 heteroatoms. The molecule has 1 rings (SSSR count). The zero-order valence-electron chi connectivity index (χ0n) is 10.2. The minimum atomic E-state index is -0.864. The van der Waals surface area contributed by atoms with Crippen LogP contribution in [0.25, 0.3) is 0 Å². The molecule has 0 aliphatic heterocycles. The fourth-order valence-electron chi connectivity index (χ4n) is 1.48. The molecule has 0 amide bonds. The molecule has 0 saturated carbocycles. The molecule has 2 N–H and O–H groups in total. The number of nitrogens with one attached hydrogen (secondary N) is 1. The van der Waals surface area contributed by atoms with Crippen molar-refractivity contribution in [2.24, 2.45) is 13.0 Å². The molecule has 1 unspecified atom stereocenters. The summed E-state index contributed by atoms with van der Waals surface area (Å²) in [7, 11) is 1.81. The van der Waals surface area contributed by atoms with E-state index in [9.17, 15) is 9.90 Å². The van der Waals surface area contributed by atoms with Crippen LogP contribution in [0.2, 0.25) is 0 Å². The van der Waals surface area contributed by atoms with Crippen LogP contribution in [0, 0.1) is 12.8 Å². The van der Waals surface area contributed by atoms with Gasteiger partial charge in [0.15, 0.2) is 0 Å². The number of aromatic nitrogens is 2. The van der Waals surface area contributed by atoms with Crippen molar-refractivity contribution < 1.29 is 9.90 Å². The van der Waals surface area contributed by atoms with Crippen LogP contribution in [0.4, 0.5) is 0 Å². The minimum Gasteiger partial charge on any atom is -0.480 e. The summed E-state index contributed by atoms with van der Waals surface area (Å²) in [5.74, 6) is -0.449. The topological polar surface area (TPSA) is 67.2 Å². The fourth-order valence-corrected chi connectivity index (χ4v) is 1.48. The third-order valence-electron chi connectivity index (χ3n) is 2.56. The molecule has 0 bridgehead atoms. The van der Waals surface area contributed by atoms with Crippen LogP contribution < -0.4 is 5.32 Å². The maximum atomic E-state index is 11.2. The molecule has 0 aliphatic carbocycles. The average molecular weight is 225 g/mol. The third-order valence-corrected chi connectivity index (χ3v) is 2.56. The first kappa shape index (κ1) is 12.7. The van der Waals surface area contributed by atoms with Crippen molar-refractivity contribution in [2.45, 2.75) is 26.8 Å². The van der Waals surface area contributed by atoms with Gasteiger partial charge in [0.25, 0.3) is 0 Å². The first-order chi connectivity index (χ1) is 7.43. The van der Waals surface area contributed by atoms with Crippen molar-refractivity contribution in [3.63, 3.8) is 0 Å². The molecular weight excluding hydrogens is 206 g/mol. The number of nitrogens with zero attached hydrogens (tertiary/aromatic N) is 2. The summed E-state index contributed by atoms with van der Waals surface area (Å²) in [5.41, 5.74) is 1.61. The maximum absolute atomic E-state index is 11.2. The molecule has 1 heterocycles. The van der Waals surface area contributed by atoms with E-state index in [1.54, 1.807) is 17.9 Å². The lowest BCUT2D eigenvalue weighted by Gasteiger charge is -2.15. The Bertz CT molecular complexity index is 371. The number of aryl methyl sites for hydroxylation is 1. The van der Waals surface area contributed by atoms with Crippen molar-refractivity contribution in [3.05, 3.63) is 17.5 Å². The van der Waals surface area contributed by atoms with Crippen molar-refractivity contribution >= 4 is 5.97 Å². The summed E-state index contributed by atoms with van der Waals surface area (Å²) in [6.07, 6.45) is 1.61. The van der Waals surface area contributed by atoms with Crippen molar-refractivity contribution in [2.75, 3.05) is 6.54 Å². The Labute approximate surface area is 95.5 Å². The number of aliphatic carboxylic acids is 1. The molecule has 5 nitrogen and oxygen atoms in total. The van der Waals surface area contributed by atoms with E-state index in [2.05, 4.69) is 10.4 Å². The number of hydrogen-bond acceptors (Lipinski definition) is 3. The highest BCUT2D eigenvalue weighted by Gasteiger charge is 2.23. The minimum absolute atomic E-state index is 0.416. The van der Waals surface area contributed by atoms with E-state index in [1.165, 1.54) is 0 Å². The molecule has 0 aliphatic rings. The van der Waals surface area contributed by atoms with Gasteiger partial charge in [-0.25, -0.2) is 0 Å². The second-order valence-corrected chi connectivity index (χ2v) is 4.38. The lowest BCUT2D eigenvalue weighted by atomic mass is 10.1. The predicted molar refractivity (Wildman–Crippen MR) is 61.2 cm³/mol. The van der Waals surface area contributed by atoms with Crippen LogP contribution in [0.1, 0.15) is 31.1 Å². The summed E-state index contributed by atoms with van der Waals surface area (Å²) in [6, 6.07) is -0.670. The number of rotatable bonds is 5. The SMILES string of the molecule is Cc1c(C(NCC(C)C)C(=O)O)cnn1C. The standard InChI is InChI=1S/C11H19N3O2/c1-7(2)5-12-10(11(15)16)9-6-13-14(4)8(9)3/h6-7,10,12H,5H2,1-4H3,(H,15,16). The third kappa shape index (κ3) is 2.82. The molecular formula is C11H19N3O2. The molecule has 0 spiro atoms. The van der Waals surface area contributed by atoms with Crippen molar-refractivity contribution in [1.82, 2.24) is 15.1 Å². The van der Waals surface area contributed by atoms with Gasteiger partial charge >= 0.3 is 5.97 Å². The Hall–Kier alpha value is -1.36. The Morgan fingerprint density at radius 1 is 1.62 bits per heavy atom. The summed E-state index contributed by atoms with van der Waals surface area (Å²) < 4.78 is 1.68. The molecule has 90 valence electrons. The van der Waals surface area contributed by atoms with Crippen LogP contribution in [-0.4, -0.2) is 27.4 Å². The van der Waals surface area contributed by atoms with E-state index in [1.807, 2.05) is 20.8 Å². The number of hydrogen-bond donors (Lipinski definition) is 2. The smallest absolute Gasteiger partial charge is 0.325 e. The van der Waals surface area contributed by atoms with Crippen LogP contribution in [0.5, 0.6) is 0 Å². The number of carboxylic acids is 1. The molecule has 0 saturated heterocycles. The quantitative estimate of drug-likeness (QED) is 0.787. The van der Waals surface area contributed by atoms with E-state index >= 15 is 0 Å². The van der Waals surface area contributed by atoms with E-state index in [0.29, 0.717) is 12.5 Å².